The van der Waals surface area contributed by atoms with Gasteiger partial charge in [0.05, 0.1) is 32.2 Å². The van der Waals surface area contributed by atoms with Gasteiger partial charge in [-0.1, -0.05) is 27.7 Å². The highest BCUT2D eigenvalue weighted by Crippen LogP contribution is 2.27. The largest absolute Gasteiger partial charge is 0.493 e. The molecule has 2 amide bonds. The highest BCUT2D eigenvalue weighted by molar-refractivity contribution is 9.10. The van der Waals surface area contributed by atoms with Gasteiger partial charge in [0, 0.05) is 16.6 Å². The van der Waals surface area contributed by atoms with Gasteiger partial charge < -0.3 is 24.7 Å². The van der Waals surface area contributed by atoms with E-state index in [9.17, 15) is 14.0 Å². The second kappa shape index (κ2) is 11.8. The van der Waals surface area contributed by atoms with Gasteiger partial charge in [0.2, 0.25) is 5.91 Å². The predicted octanol–water partition coefficient (Wildman–Crippen LogP) is 3.88. The third-order valence-corrected chi connectivity index (χ3v) is 6.16. The first kappa shape index (κ1) is 25.5. The van der Waals surface area contributed by atoms with E-state index < -0.39 is 5.82 Å². The van der Waals surface area contributed by atoms with Gasteiger partial charge >= 0.3 is 0 Å². The fraction of sp³-hybridized carbons (Fsp3) is 0.273. The molecule has 0 spiro atoms. The molecule has 0 saturated carbocycles. The van der Waals surface area contributed by atoms with E-state index in [4.69, 9.17) is 9.47 Å². The van der Waals surface area contributed by atoms with Gasteiger partial charge in [0.15, 0.2) is 22.5 Å². The first-order valence-electron chi connectivity index (χ1n) is 10.2. The SMILES string of the molecule is CCn1c(CNC(=O)c2ccc(OC)c(OC)c2)nnc1SCC(=O)Nc1ccc(Br)cc1F. The van der Waals surface area contributed by atoms with E-state index in [2.05, 4.69) is 36.8 Å². The van der Waals surface area contributed by atoms with Crippen molar-refractivity contribution in [3.05, 3.63) is 58.1 Å². The molecule has 34 heavy (non-hydrogen) atoms. The number of anilines is 1. The van der Waals surface area contributed by atoms with Gasteiger partial charge in [0.1, 0.15) is 5.82 Å². The van der Waals surface area contributed by atoms with Gasteiger partial charge in [-0.25, -0.2) is 4.39 Å². The number of aromatic nitrogens is 3. The number of carbonyl (C=O) groups is 2. The Morgan fingerprint density at radius 2 is 1.88 bits per heavy atom. The number of carbonyl (C=O) groups excluding carboxylic acids is 2. The number of hydrogen-bond donors (Lipinski definition) is 2. The van der Waals surface area contributed by atoms with Crippen LogP contribution < -0.4 is 20.1 Å². The number of nitrogens with one attached hydrogen (secondary N) is 2. The molecule has 3 aromatic rings. The Hall–Kier alpha value is -3.12. The van der Waals surface area contributed by atoms with Crippen LogP contribution in [0.4, 0.5) is 10.1 Å². The number of methoxy groups -OCH3 is 2. The van der Waals surface area contributed by atoms with Crippen LogP contribution in [0.2, 0.25) is 0 Å². The monoisotopic (exact) mass is 551 g/mol. The van der Waals surface area contributed by atoms with Gasteiger partial charge in [-0.05, 0) is 43.3 Å². The molecule has 1 heterocycles. The molecular weight excluding hydrogens is 529 g/mol. The molecule has 0 unspecified atom stereocenters. The van der Waals surface area contributed by atoms with Crippen LogP contribution in [-0.4, -0.2) is 46.6 Å². The molecule has 0 saturated heterocycles. The average Bonchev–Trinajstić information content (AvgIpc) is 3.24. The Kier molecular flexibility index (Phi) is 8.88. The van der Waals surface area contributed by atoms with Crippen molar-refractivity contribution in [2.45, 2.75) is 25.2 Å². The van der Waals surface area contributed by atoms with Crippen LogP contribution in [0.15, 0.2) is 46.0 Å². The summed E-state index contributed by atoms with van der Waals surface area (Å²) in [7, 11) is 3.02. The number of nitrogens with zero attached hydrogens (tertiary/aromatic N) is 3. The molecule has 0 radical (unpaired) electrons. The lowest BCUT2D eigenvalue weighted by atomic mass is 10.2. The second-order valence-corrected chi connectivity index (χ2v) is 8.71. The van der Waals surface area contributed by atoms with Crippen LogP contribution in [0, 0.1) is 5.82 Å². The molecule has 2 aromatic carbocycles. The zero-order chi connectivity index (χ0) is 24.7. The van der Waals surface area contributed by atoms with Crippen LogP contribution in [0.3, 0.4) is 0 Å². The molecule has 0 atom stereocenters. The van der Waals surface area contributed by atoms with E-state index in [1.165, 1.54) is 38.1 Å². The van der Waals surface area contributed by atoms with Crippen LogP contribution in [0.25, 0.3) is 0 Å². The van der Waals surface area contributed by atoms with Crippen LogP contribution in [0.5, 0.6) is 11.5 Å². The molecule has 0 aliphatic carbocycles. The summed E-state index contributed by atoms with van der Waals surface area (Å²) >= 11 is 4.35. The number of ether oxygens (including phenoxy) is 2. The Morgan fingerprint density at radius 1 is 1.12 bits per heavy atom. The molecular formula is C22H23BrFN5O4S. The predicted molar refractivity (Wildman–Crippen MR) is 130 cm³/mol. The van der Waals surface area contributed by atoms with E-state index in [1.807, 2.05) is 6.92 Å². The highest BCUT2D eigenvalue weighted by Gasteiger charge is 2.16. The Morgan fingerprint density at radius 3 is 2.56 bits per heavy atom. The molecule has 0 bridgehead atoms. The molecule has 180 valence electrons. The van der Waals surface area contributed by atoms with Crippen molar-refractivity contribution in [2.24, 2.45) is 0 Å². The lowest BCUT2D eigenvalue weighted by Gasteiger charge is -2.11. The minimum absolute atomic E-state index is 0.0195. The summed E-state index contributed by atoms with van der Waals surface area (Å²) < 4.78 is 26.7. The third kappa shape index (κ3) is 6.26. The Balaban J connectivity index is 1.59. The van der Waals surface area contributed by atoms with Crippen molar-refractivity contribution in [3.8, 4) is 11.5 Å². The maximum atomic E-state index is 13.9. The van der Waals surface area contributed by atoms with Crippen molar-refractivity contribution >= 4 is 45.2 Å². The van der Waals surface area contributed by atoms with Crippen LogP contribution in [-0.2, 0) is 17.9 Å². The van der Waals surface area contributed by atoms with E-state index in [-0.39, 0.29) is 29.8 Å². The smallest absolute Gasteiger partial charge is 0.251 e. The first-order chi connectivity index (χ1) is 16.4. The number of thioether (sulfide) groups is 1. The lowest BCUT2D eigenvalue weighted by molar-refractivity contribution is -0.113. The maximum absolute atomic E-state index is 13.9. The number of benzene rings is 2. The normalized spacial score (nSPS) is 10.6. The number of hydrogen-bond acceptors (Lipinski definition) is 7. The van der Waals surface area contributed by atoms with Crippen LogP contribution in [0.1, 0.15) is 23.1 Å². The molecule has 1 aromatic heterocycles. The van der Waals surface area contributed by atoms with E-state index in [0.29, 0.717) is 39.1 Å². The lowest BCUT2D eigenvalue weighted by Crippen LogP contribution is -2.25. The van der Waals surface area contributed by atoms with E-state index in [0.717, 1.165) is 0 Å². The standard InChI is InChI=1S/C22H23BrFN5O4S/c1-4-29-19(11-25-21(31)13-5-8-17(32-2)18(9-13)33-3)27-28-22(29)34-12-20(30)26-16-7-6-14(23)10-15(16)24/h5-10H,4,11-12H2,1-3H3,(H,25,31)(H,26,30). The van der Waals surface area contributed by atoms with Crippen molar-refractivity contribution < 1.29 is 23.5 Å². The first-order valence-corrected chi connectivity index (χ1v) is 11.9. The fourth-order valence-corrected chi connectivity index (χ4v) is 4.17. The summed E-state index contributed by atoms with van der Waals surface area (Å²) in [4.78, 5) is 24.8. The zero-order valence-electron chi connectivity index (χ0n) is 18.7. The maximum Gasteiger partial charge on any atom is 0.251 e. The molecule has 2 N–H and O–H groups in total. The number of amides is 2. The fourth-order valence-electron chi connectivity index (χ4n) is 3.02. The molecule has 3 rings (SSSR count). The third-order valence-electron chi connectivity index (χ3n) is 4.70. The molecule has 12 heteroatoms. The van der Waals surface area contributed by atoms with E-state index >= 15 is 0 Å². The molecule has 0 aliphatic heterocycles. The van der Waals surface area contributed by atoms with Crippen molar-refractivity contribution in [3.63, 3.8) is 0 Å². The minimum Gasteiger partial charge on any atom is -0.493 e. The van der Waals surface area contributed by atoms with Gasteiger partial charge in [0.25, 0.3) is 5.91 Å². The molecule has 0 fully saturated rings. The molecule has 9 nitrogen and oxygen atoms in total. The summed E-state index contributed by atoms with van der Waals surface area (Å²) in [5.41, 5.74) is 0.510. The van der Waals surface area contributed by atoms with Gasteiger partial charge in [-0.2, -0.15) is 0 Å². The van der Waals surface area contributed by atoms with Crippen molar-refractivity contribution in [2.75, 3.05) is 25.3 Å². The summed E-state index contributed by atoms with van der Waals surface area (Å²) in [6, 6.07) is 9.28. The minimum atomic E-state index is -0.531. The number of halogens is 2. The number of rotatable bonds is 10. The molecule has 0 aliphatic rings. The Bertz CT molecular complexity index is 1190. The van der Waals surface area contributed by atoms with Crippen LogP contribution >= 0.6 is 27.7 Å². The summed E-state index contributed by atoms with van der Waals surface area (Å²) in [6.07, 6.45) is 0. The van der Waals surface area contributed by atoms with Crippen molar-refractivity contribution in [1.29, 1.82) is 0 Å². The second-order valence-electron chi connectivity index (χ2n) is 6.86. The quantitative estimate of drug-likeness (QED) is 0.368. The highest BCUT2D eigenvalue weighted by atomic mass is 79.9. The Labute approximate surface area is 208 Å². The van der Waals surface area contributed by atoms with Crippen molar-refractivity contribution in [1.82, 2.24) is 20.1 Å². The van der Waals surface area contributed by atoms with E-state index in [1.54, 1.807) is 28.8 Å². The summed E-state index contributed by atoms with van der Waals surface area (Å²) in [5, 5.41) is 14.1. The average molecular weight is 552 g/mol. The summed E-state index contributed by atoms with van der Waals surface area (Å²) in [6.45, 7) is 2.59. The van der Waals surface area contributed by atoms with Gasteiger partial charge in [-0.3, -0.25) is 9.59 Å². The topological polar surface area (TPSA) is 107 Å². The zero-order valence-corrected chi connectivity index (χ0v) is 21.1. The van der Waals surface area contributed by atoms with Gasteiger partial charge in [-0.15, -0.1) is 10.2 Å². The summed E-state index contributed by atoms with van der Waals surface area (Å²) in [5.74, 6) is 0.322.